The maximum Gasteiger partial charge on any atom is 0.150 e. The van der Waals surface area contributed by atoms with Crippen molar-refractivity contribution in [2.45, 2.75) is 44.0 Å². The van der Waals surface area contributed by atoms with E-state index in [0.717, 1.165) is 19.3 Å². The highest BCUT2D eigenvalue weighted by Crippen LogP contribution is 2.31. The molecule has 0 amide bonds. The highest BCUT2D eigenvalue weighted by atomic mass is 32.2. The highest BCUT2D eigenvalue weighted by Gasteiger charge is 2.34. The summed E-state index contributed by atoms with van der Waals surface area (Å²) in [6.07, 6.45) is 3.78. The van der Waals surface area contributed by atoms with E-state index in [1.165, 1.54) is 6.26 Å². The lowest BCUT2D eigenvalue weighted by molar-refractivity contribution is 0.110. The van der Waals surface area contributed by atoms with Crippen LogP contribution in [0.5, 0.6) is 0 Å². The fourth-order valence-electron chi connectivity index (χ4n) is 2.16. The third kappa shape index (κ3) is 2.68. The summed E-state index contributed by atoms with van der Waals surface area (Å²) in [5.74, 6) is 0.249. The first-order valence-electron chi connectivity index (χ1n) is 4.82. The molecule has 3 nitrogen and oxygen atoms in total. The van der Waals surface area contributed by atoms with Crippen LogP contribution in [0.15, 0.2) is 0 Å². The van der Waals surface area contributed by atoms with Gasteiger partial charge >= 0.3 is 0 Å². The Bertz CT molecular complexity index is 258. The normalized spacial score (nSPS) is 36.1. The van der Waals surface area contributed by atoms with Crippen LogP contribution < -0.4 is 0 Å². The number of hydrogen-bond donors (Lipinski definition) is 1. The fraction of sp³-hybridized carbons (Fsp3) is 1.00. The van der Waals surface area contributed by atoms with Gasteiger partial charge in [-0.15, -0.1) is 0 Å². The van der Waals surface area contributed by atoms with Gasteiger partial charge in [-0.3, -0.25) is 0 Å². The van der Waals surface area contributed by atoms with E-state index >= 15 is 0 Å². The molecule has 0 bridgehead atoms. The van der Waals surface area contributed by atoms with Gasteiger partial charge in [0.15, 0.2) is 9.84 Å². The van der Waals surface area contributed by atoms with Crippen LogP contribution in [-0.4, -0.2) is 31.1 Å². The minimum atomic E-state index is -2.98. The molecule has 1 saturated carbocycles. The van der Waals surface area contributed by atoms with Gasteiger partial charge in [0, 0.05) is 6.26 Å². The summed E-state index contributed by atoms with van der Waals surface area (Å²) in [4.78, 5) is 0. The van der Waals surface area contributed by atoms with Crippen molar-refractivity contribution in [2.24, 2.45) is 5.92 Å². The van der Waals surface area contributed by atoms with Crippen LogP contribution in [0.2, 0.25) is 0 Å². The second-order valence-corrected chi connectivity index (χ2v) is 6.27. The molecule has 0 aromatic rings. The predicted molar refractivity (Wildman–Crippen MR) is 52.3 cm³/mol. The number of sulfone groups is 1. The summed E-state index contributed by atoms with van der Waals surface area (Å²) >= 11 is 0. The van der Waals surface area contributed by atoms with Crippen LogP contribution in [0.25, 0.3) is 0 Å². The van der Waals surface area contributed by atoms with Gasteiger partial charge in [0.1, 0.15) is 0 Å². The topological polar surface area (TPSA) is 54.4 Å². The van der Waals surface area contributed by atoms with Crippen molar-refractivity contribution >= 4 is 9.84 Å². The summed E-state index contributed by atoms with van der Waals surface area (Å²) in [7, 11) is -2.98. The summed E-state index contributed by atoms with van der Waals surface area (Å²) in [6, 6.07) is 0. The smallest absolute Gasteiger partial charge is 0.150 e. The maximum atomic E-state index is 11.4. The van der Waals surface area contributed by atoms with E-state index in [-0.39, 0.29) is 11.2 Å². The zero-order valence-electron chi connectivity index (χ0n) is 8.23. The van der Waals surface area contributed by atoms with Crippen molar-refractivity contribution in [3.63, 3.8) is 0 Å². The third-order valence-electron chi connectivity index (χ3n) is 2.98. The van der Waals surface area contributed by atoms with Crippen LogP contribution in [0.1, 0.15) is 32.6 Å². The Morgan fingerprint density at radius 1 is 1.38 bits per heavy atom. The molecule has 0 spiro atoms. The van der Waals surface area contributed by atoms with Crippen LogP contribution in [0.4, 0.5) is 0 Å². The number of rotatable bonds is 2. The molecule has 0 aliphatic heterocycles. The molecule has 3 unspecified atom stereocenters. The monoisotopic (exact) mass is 206 g/mol. The van der Waals surface area contributed by atoms with Crippen LogP contribution in [0, 0.1) is 5.92 Å². The average molecular weight is 206 g/mol. The number of aliphatic hydroxyl groups is 1. The van der Waals surface area contributed by atoms with E-state index in [1.54, 1.807) is 0 Å². The van der Waals surface area contributed by atoms with Gasteiger partial charge in [0.05, 0.1) is 11.4 Å². The molecule has 1 aliphatic carbocycles. The molecule has 0 saturated heterocycles. The first-order chi connectivity index (χ1) is 5.95. The summed E-state index contributed by atoms with van der Waals surface area (Å²) in [5.41, 5.74) is 0. The average Bonchev–Trinajstić information content (AvgIpc) is 2.03. The molecule has 0 aromatic heterocycles. The van der Waals surface area contributed by atoms with Gasteiger partial charge in [0.25, 0.3) is 0 Å². The summed E-state index contributed by atoms with van der Waals surface area (Å²) < 4.78 is 22.8. The zero-order valence-corrected chi connectivity index (χ0v) is 9.05. The molecule has 1 rings (SSSR count). The van der Waals surface area contributed by atoms with Crippen LogP contribution in [-0.2, 0) is 9.84 Å². The van der Waals surface area contributed by atoms with Crippen molar-refractivity contribution in [1.82, 2.24) is 0 Å². The SMILES string of the molecule is CCC1CCC(O)CC1S(C)(=O)=O. The lowest BCUT2D eigenvalue weighted by atomic mass is 9.85. The Kier molecular flexibility index (Phi) is 3.35. The van der Waals surface area contributed by atoms with Gasteiger partial charge < -0.3 is 5.11 Å². The van der Waals surface area contributed by atoms with Crippen molar-refractivity contribution in [2.75, 3.05) is 6.26 Å². The molecule has 3 atom stereocenters. The molecule has 0 heterocycles. The quantitative estimate of drug-likeness (QED) is 0.732. The maximum absolute atomic E-state index is 11.4. The fourth-order valence-corrected chi connectivity index (χ4v) is 3.76. The van der Waals surface area contributed by atoms with Gasteiger partial charge in [-0.1, -0.05) is 13.3 Å². The Hall–Kier alpha value is -0.0900. The Morgan fingerprint density at radius 2 is 2.00 bits per heavy atom. The largest absolute Gasteiger partial charge is 0.393 e. The standard InChI is InChI=1S/C9H18O3S/c1-3-7-4-5-8(10)6-9(7)13(2,11)12/h7-10H,3-6H2,1-2H3. The molecular weight excluding hydrogens is 188 g/mol. The molecule has 78 valence electrons. The van der Waals surface area contributed by atoms with E-state index in [9.17, 15) is 13.5 Å². The van der Waals surface area contributed by atoms with Gasteiger partial charge in [-0.25, -0.2) is 8.42 Å². The Labute approximate surface area is 80.1 Å². The lowest BCUT2D eigenvalue weighted by Crippen LogP contribution is -2.37. The van der Waals surface area contributed by atoms with Crippen molar-refractivity contribution in [3.05, 3.63) is 0 Å². The van der Waals surface area contributed by atoms with Crippen molar-refractivity contribution in [3.8, 4) is 0 Å². The molecule has 1 N–H and O–H groups in total. The second kappa shape index (κ2) is 3.96. The lowest BCUT2D eigenvalue weighted by Gasteiger charge is -2.32. The van der Waals surface area contributed by atoms with E-state index in [1.807, 2.05) is 6.92 Å². The van der Waals surface area contributed by atoms with Crippen LogP contribution >= 0.6 is 0 Å². The number of hydrogen-bond acceptors (Lipinski definition) is 3. The third-order valence-corrected chi connectivity index (χ3v) is 4.65. The zero-order chi connectivity index (χ0) is 10.1. The first kappa shape index (κ1) is 11.0. The van der Waals surface area contributed by atoms with E-state index in [0.29, 0.717) is 6.42 Å². The van der Waals surface area contributed by atoms with Crippen LogP contribution in [0.3, 0.4) is 0 Å². The second-order valence-electron chi connectivity index (χ2n) is 4.00. The molecule has 1 aliphatic rings. The summed E-state index contributed by atoms with van der Waals surface area (Å²) in [6.45, 7) is 2.01. The molecule has 4 heteroatoms. The van der Waals surface area contributed by atoms with Gasteiger partial charge in [-0.05, 0) is 25.2 Å². The molecule has 13 heavy (non-hydrogen) atoms. The van der Waals surface area contributed by atoms with Gasteiger partial charge in [0.2, 0.25) is 0 Å². The molecule has 1 fully saturated rings. The molecule has 0 aromatic carbocycles. The molecular formula is C9H18O3S. The van der Waals surface area contributed by atoms with E-state index < -0.39 is 15.9 Å². The van der Waals surface area contributed by atoms with Gasteiger partial charge in [-0.2, -0.15) is 0 Å². The molecule has 0 radical (unpaired) electrons. The Morgan fingerprint density at radius 3 is 2.46 bits per heavy atom. The van der Waals surface area contributed by atoms with E-state index in [4.69, 9.17) is 0 Å². The minimum Gasteiger partial charge on any atom is -0.393 e. The Balaban J connectivity index is 2.77. The first-order valence-corrected chi connectivity index (χ1v) is 6.77. The number of aliphatic hydroxyl groups excluding tert-OH is 1. The minimum absolute atomic E-state index is 0.249. The predicted octanol–water partition coefficient (Wildman–Crippen LogP) is 0.971. The summed E-state index contributed by atoms with van der Waals surface area (Å²) in [5, 5.41) is 9.07. The van der Waals surface area contributed by atoms with E-state index in [2.05, 4.69) is 0 Å². The van der Waals surface area contributed by atoms with Crippen molar-refractivity contribution in [1.29, 1.82) is 0 Å². The van der Waals surface area contributed by atoms with Crippen molar-refractivity contribution < 1.29 is 13.5 Å². The highest BCUT2D eigenvalue weighted by molar-refractivity contribution is 7.91.